The summed E-state index contributed by atoms with van der Waals surface area (Å²) in [4.78, 5) is 37.2. The smallest absolute Gasteiger partial charge is 0.345 e. The first-order chi connectivity index (χ1) is 9.28. The number of imide groups is 1. The molecule has 3 amide bonds. The maximum Gasteiger partial charge on any atom is 0.345 e. The van der Waals surface area contributed by atoms with Crippen LogP contribution in [0.1, 0.15) is 40.4 Å². The van der Waals surface area contributed by atoms with Crippen molar-refractivity contribution in [3.8, 4) is 0 Å². The topological polar surface area (TPSA) is 86.7 Å². The third kappa shape index (κ3) is 2.29. The lowest BCUT2D eigenvalue weighted by Gasteiger charge is -2.19. The molecule has 7 heteroatoms. The van der Waals surface area contributed by atoms with E-state index in [1.165, 1.54) is 6.07 Å². The summed E-state index contributed by atoms with van der Waals surface area (Å²) in [5.41, 5.74) is -0.173. The number of carboxylic acid groups (broad SMARTS) is 1. The predicted molar refractivity (Wildman–Crippen MR) is 73.8 cm³/mol. The van der Waals surface area contributed by atoms with Crippen molar-refractivity contribution in [2.75, 3.05) is 0 Å². The van der Waals surface area contributed by atoms with Crippen LogP contribution in [0.5, 0.6) is 0 Å². The summed E-state index contributed by atoms with van der Waals surface area (Å²) < 4.78 is 0. The van der Waals surface area contributed by atoms with Gasteiger partial charge in [0.1, 0.15) is 10.4 Å². The molecule has 20 heavy (non-hydrogen) atoms. The second-order valence-corrected chi connectivity index (χ2v) is 6.26. The molecular weight excluding hydrogens is 280 g/mol. The van der Waals surface area contributed by atoms with E-state index in [4.69, 9.17) is 5.11 Å². The van der Waals surface area contributed by atoms with E-state index in [9.17, 15) is 14.4 Å². The Labute approximate surface area is 120 Å². The standard InChI is InChI=1S/C13H16N2O4S/c1-4-13(3)11(18)15(12(19)14-13)6-8-5-9(10(16)17)20-7(8)2/h5H,4,6H2,1-3H3,(H,14,19)(H,16,17). The molecule has 0 saturated carbocycles. The van der Waals surface area contributed by atoms with Crippen molar-refractivity contribution < 1.29 is 19.5 Å². The Balaban J connectivity index is 2.24. The van der Waals surface area contributed by atoms with Crippen molar-refractivity contribution in [3.63, 3.8) is 0 Å². The minimum absolute atomic E-state index is 0.107. The number of aryl methyl sites for hydroxylation is 1. The molecule has 0 aliphatic carbocycles. The van der Waals surface area contributed by atoms with Gasteiger partial charge < -0.3 is 10.4 Å². The lowest BCUT2D eigenvalue weighted by Crippen LogP contribution is -2.43. The van der Waals surface area contributed by atoms with Crippen molar-refractivity contribution in [1.29, 1.82) is 0 Å². The number of nitrogens with zero attached hydrogens (tertiary/aromatic N) is 1. The molecule has 1 aromatic heterocycles. The Hall–Kier alpha value is -1.89. The summed E-state index contributed by atoms with van der Waals surface area (Å²) in [5, 5.41) is 11.6. The van der Waals surface area contributed by atoms with Crippen molar-refractivity contribution in [1.82, 2.24) is 10.2 Å². The summed E-state index contributed by atoms with van der Waals surface area (Å²) in [5.74, 6) is -1.27. The third-order valence-corrected chi connectivity index (χ3v) is 4.69. The molecule has 1 saturated heterocycles. The highest BCUT2D eigenvalue weighted by molar-refractivity contribution is 7.14. The monoisotopic (exact) mass is 296 g/mol. The zero-order chi connectivity index (χ0) is 15.1. The second-order valence-electron chi connectivity index (χ2n) is 5.00. The lowest BCUT2D eigenvalue weighted by molar-refractivity contribution is -0.131. The number of carbonyl (C=O) groups excluding carboxylic acids is 2. The molecular formula is C13H16N2O4S. The maximum absolute atomic E-state index is 12.3. The summed E-state index contributed by atoms with van der Waals surface area (Å²) in [6.07, 6.45) is 0.511. The molecule has 1 unspecified atom stereocenters. The zero-order valence-corrected chi connectivity index (χ0v) is 12.3. The van der Waals surface area contributed by atoms with Gasteiger partial charge >= 0.3 is 12.0 Å². The van der Waals surface area contributed by atoms with Gasteiger partial charge in [0, 0.05) is 4.88 Å². The molecule has 1 aliphatic rings. The predicted octanol–water partition coefficient (Wildman–Crippen LogP) is 1.98. The highest BCUT2D eigenvalue weighted by atomic mass is 32.1. The molecule has 1 aromatic rings. The number of amides is 3. The average molecular weight is 296 g/mol. The van der Waals surface area contributed by atoms with Crippen molar-refractivity contribution in [2.45, 2.75) is 39.3 Å². The zero-order valence-electron chi connectivity index (χ0n) is 11.5. The minimum atomic E-state index is -1.00. The maximum atomic E-state index is 12.3. The molecule has 1 fully saturated rings. The number of hydrogen-bond donors (Lipinski definition) is 2. The first-order valence-electron chi connectivity index (χ1n) is 6.25. The minimum Gasteiger partial charge on any atom is -0.477 e. The van der Waals surface area contributed by atoms with Crippen LogP contribution in [-0.4, -0.2) is 33.5 Å². The summed E-state index contributed by atoms with van der Waals surface area (Å²) in [7, 11) is 0. The normalized spacial score (nSPS) is 22.2. The van der Waals surface area contributed by atoms with Gasteiger partial charge in [-0.05, 0) is 31.9 Å². The quantitative estimate of drug-likeness (QED) is 0.832. The van der Waals surface area contributed by atoms with Gasteiger partial charge in [0.2, 0.25) is 0 Å². The lowest BCUT2D eigenvalue weighted by atomic mass is 9.99. The molecule has 1 atom stereocenters. The SMILES string of the molecule is CCC1(C)NC(=O)N(Cc2cc(C(=O)O)sc2C)C1=O. The van der Waals surface area contributed by atoms with Crippen LogP contribution in [0.4, 0.5) is 4.79 Å². The van der Waals surface area contributed by atoms with Crippen LogP contribution in [0.2, 0.25) is 0 Å². The first-order valence-corrected chi connectivity index (χ1v) is 7.07. The van der Waals surface area contributed by atoms with E-state index in [1.54, 1.807) is 13.8 Å². The van der Waals surface area contributed by atoms with Crippen LogP contribution in [0.3, 0.4) is 0 Å². The van der Waals surface area contributed by atoms with Crippen molar-refractivity contribution in [2.24, 2.45) is 0 Å². The fourth-order valence-corrected chi connectivity index (χ4v) is 2.96. The Bertz CT molecular complexity index is 595. The molecule has 2 heterocycles. The van der Waals surface area contributed by atoms with Gasteiger partial charge in [-0.3, -0.25) is 9.69 Å². The summed E-state index contributed by atoms with van der Waals surface area (Å²) in [6.45, 7) is 5.41. The van der Waals surface area contributed by atoms with E-state index in [2.05, 4.69) is 5.32 Å². The van der Waals surface area contributed by atoms with Crippen LogP contribution < -0.4 is 5.32 Å². The number of hydrogen-bond acceptors (Lipinski definition) is 4. The number of rotatable bonds is 4. The molecule has 1 aliphatic heterocycles. The van der Waals surface area contributed by atoms with E-state index in [0.29, 0.717) is 12.0 Å². The first kappa shape index (κ1) is 14.5. The Kier molecular flexibility index (Phi) is 3.56. The highest BCUT2D eigenvalue weighted by Gasteiger charge is 2.46. The van der Waals surface area contributed by atoms with Crippen molar-refractivity contribution >= 4 is 29.2 Å². The average Bonchev–Trinajstić information content (AvgIpc) is 2.85. The van der Waals surface area contributed by atoms with Gasteiger partial charge in [-0.2, -0.15) is 0 Å². The van der Waals surface area contributed by atoms with E-state index in [0.717, 1.165) is 21.1 Å². The van der Waals surface area contributed by atoms with Crippen LogP contribution in [-0.2, 0) is 11.3 Å². The molecule has 2 N–H and O–H groups in total. The molecule has 0 radical (unpaired) electrons. The van der Waals surface area contributed by atoms with E-state index >= 15 is 0 Å². The van der Waals surface area contributed by atoms with E-state index in [1.807, 2.05) is 6.92 Å². The number of aromatic carboxylic acids is 1. The van der Waals surface area contributed by atoms with Crippen LogP contribution in [0.25, 0.3) is 0 Å². The van der Waals surface area contributed by atoms with E-state index < -0.39 is 17.5 Å². The van der Waals surface area contributed by atoms with Crippen LogP contribution >= 0.6 is 11.3 Å². The van der Waals surface area contributed by atoms with Gasteiger partial charge in [-0.25, -0.2) is 9.59 Å². The fraction of sp³-hybridized carbons (Fsp3) is 0.462. The highest BCUT2D eigenvalue weighted by Crippen LogP contribution is 2.27. The molecule has 2 rings (SSSR count). The molecule has 0 bridgehead atoms. The number of thiophene rings is 1. The van der Waals surface area contributed by atoms with Gasteiger partial charge in [-0.1, -0.05) is 6.92 Å². The Morgan fingerprint density at radius 2 is 2.15 bits per heavy atom. The molecule has 6 nitrogen and oxygen atoms in total. The third-order valence-electron chi connectivity index (χ3n) is 3.61. The van der Waals surface area contributed by atoms with Crippen LogP contribution in [0, 0.1) is 6.92 Å². The summed E-state index contributed by atoms with van der Waals surface area (Å²) in [6, 6.07) is 1.09. The van der Waals surface area contributed by atoms with Crippen LogP contribution in [0.15, 0.2) is 6.07 Å². The Morgan fingerprint density at radius 1 is 1.50 bits per heavy atom. The molecule has 108 valence electrons. The molecule has 0 aromatic carbocycles. The molecule has 0 spiro atoms. The van der Waals surface area contributed by atoms with Gasteiger partial charge in [0.25, 0.3) is 5.91 Å². The second kappa shape index (κ2) is 4.90. The summed E-state index contributed by atoms with van der Waals surface area (Å²) >= 11 is 1.14. The van der Waals surface area contributed by atoms with E-state index in [-0.39, 0.29) is 17.3 Å². The number of carbonyl (C=O) groups is 3. The number of nitrogens with one attached hydrogen (secondary N) is 1. The number of urea groups is 1. The van der Waals surface area contributed by atoms with Crippen molar-refractivity contribution in [3.05, 3.63) is 21.4 Å². The van der Waals surface area contributed by atoms with Gasteiger partial charge in [0.15, 0.2) is 0 Å². The van der Waals surface area contributed by atoms with Gasteiger partial charge in [-0.15, -0.1) is 11.3 Å². The largest absolute Gasteiger partial charge is 0.477 e. The fourth-order valence-electron chi connectivity index (χ4n) is 2.08. The van der Waals surface area contributed by atoms with Gasteiger partial charge in [0.05, 0.1) is 6.54 Å². The Morgan fingerprint density at radius 3 is 2.60 bits per heavy atom. The number of carboxylic acids is 1.